The summed E-state index contributed by atoms with van der Waals surface area (Å²) in [7, 11) is 2.47. The molecule has 1 aromatic rings. The van der Waals surface area contributed by atoms with E-state index in [0.29, 0.717) is 16.8 Å². The lowest BCUT2D eigenvalue weighted by Gasteiger charge is -2.03. The molecule has 0 aliphatic heterocycles. The Morgan fingerprint density at radius 3 is 2.22 bits per heavy atom. The fourth-order valence-corrected chi connectivity index (χ4v) is 1.82. The summed E-state index contributed by atoms with van der Waals surface area (Å²) in [5.74, 6) is -1.37. The Bertz CT molecular complexity index is 501. The summed E-state index contributed by atoms with van der Waals surface area (Å²) in [6.45, 7) is 3.03. The van der Waals surface area contributed by atoms with E-state index in [0.717, 1.165) is 0 Å². The van der Waals surface area contributed by atoms with Crippen molar-refractivity contribution in [3.8, 4) is 0 Å². The molecule has 98 valence electrons. The van der Waals surface area contributed by atoms with Crippen molar-refractivity contribution in [2.24, 2.45) is 0 Å². The van der Waals surface area contributed by atoms with Crippen LogP contribution in [0.3, 0.4) is 0 Å². The normalized spacial score (nSPS) is 10.0. The predicted molar refractivity (Wildman–Crippen MR) is 62.6 cm³/mol. The summed E-state index contributed by atoms with van der Waals surface area (Å²) in [5, 5.41) is 0. The molecule has 0 aliphatic carbocycles. The fraction of sp³-hybridized carbons (Fsp3) is 0.417. The van der Waals surface area contributed by atoms with Gasteiger partial charge in [-0.3, -0.25) is 9.59 Å². The van der Waals surface area contributed by atoms with E-state index in [2.05, 4.69) is 14.5 Å². The lowest BCUT2D eigenvalue weighted by atomic mass is 10.0. The van der Waals surface area contributed by atoms with Crippen LogP contribution in [0.15, 0.2) is 0 Å². The maximum atomic E-state index is 11.6. The zero-order valence-corrected chi connectivity index (χ0v) is 10.7. The van der Waals surface area contributed by atoms with E-state index in [9.17, 15) is 14.4 Å². The number of hydrogen-bond donors (Lipinski definition) is 1. The zero-order valence-electron chi connectivity index (χ0n) is 10.7. The number of ether oxygens (including phenoxy) is 2. The highest BCUT2D eigenvalue weighted by atomic mass is 16.5. The number of aromatic amines is 1. The molecule has 0 radical (unpaired) electrons. The van der Waals surface area contributed by atoms with Gasteiger partial charge >= 0.3 is 11.9 Å². The second-order valence-electron chi connectivity index (χ2n) is 3.78. The number of carbonyl (C=O) groups excluding carboxylic acids is 3. The summed E-state index contributed by atoms with van der Waals surface area (Å²) in [6, 6.07) is 0. The van der Waals surface area contributed by atoms with Gasteiger partial charge in [-0.25, -0.2) is 4.79 Å². The summed E-state index contributed by atoms with van der Waals surface area (Å²) < 4.78 is 9.16. The minimum absolute atomic E-state index is 0.116. The molecule has 0 fully saturated rings. The molecule has 0 aliphatic rings. The van der Waals surface area contributed by atoms with Crippen LogP contribution in [0.25, 0.3) is 0 Å². The van der Waals surface area contributed by atoms with E-state index in [1.54, 1.807) is 6.92 Å². The van der Waals surface area contributed by atoms with Crippen LogP contribution in [-0.4, -0.2) is 36.9 Å². The van der Waals surface area contributed by atoms with Gasteiger partial charge < -0.3 is 14.5 Å². The average molecular weight is 253 g/mol. The first-order valence-corrected chi connectivity index (χ1v) is 5.29. The summed E-state index contributed by atoms with van der Waals surface area (Å²) in [5.41, 5.74) is 1.30. The molecule has 1 heterocycles. The number of esters is 2. The van der Waals surface area contributed by atoms with Gasteiger partial charge in [0, 0.05) is 16.8 Å². The van der Waals surface area contributed by atoms with Crippen LogP contribution >= 0.6 is 0 Å². The number of aryl methyl sites for hydroxylation is 1. The van der Waals surface area contributed by atoms with Crippen molar-refractivity contribution >= 4 is 17.7 Å². The Hall–Kier alpha value is -2.11. The van der Waals surface area contributed by atoms with Crippen molar-refractivity contribution in [1.29, 1.82) is 0 Å². The quantitative estimate of drug-likeness (QED) is 0.639. The van der Waals surface area contributed by atoms with Crippen molar-refractivity contribution in [3.05, 3.63) is 22.5 Å². The van der Waals surface area contributed by atoms with Gasteiger partial charge in [-0.2, -0.15) is 0 Å². The first kappa shape index (κ1) is 14.0. The molecule has 0 unspecified atom stereocenters. The van der Waals surface area contributed by atoms with Crippen LogP contribution in [0.1, 0.15) is 39.0 Å². The van der Waals surface area contributed by atoms with E-state index >= 15 is 0 Å². The number of hydrogen-bond acceptors (Lipinski definition) is 5. The smallest absolute Gasteiger partial charge is 0.354 e. The topological polar surface area (TPSA) is 85.5 Å². The Morgan fingerprint density at radius 1 is 1.17 bits per heavy atom. The Kier molecular flexibility index (Phi) is 4.25. The third-order valence-electron chi connectivity index (χ3n) is 2.58. The van der Waals surface area contributed by atoms with Crippen molar-refractivity contribution in [2.75, 3.05) is 14.2 Å². The molecule has 0 atom stereocenters. The third kappa shape index (κ3) is 2.58. The first-order valence-electron chi connectivity index (χ1n) is 5.29. The second-order valence-corrected chi connectivity index (χ2v) is 3.78. The lowest BCUT2D eigenvalue weighted by molar-refractivity contribution is -0.139. The standard InChI is InChI=1S/C12H15NO5/c1-6-10(7(2)14)8(5-9(15)17-3)11(13-6)12(16)18-4/h13H,5H2,1-4H3. The van der Waals surface area contributed by atoms with Gasteiger partial charge in [-0.15, -0.1) is 0 Å². The molecule has 1 N–H and O–H groups in total. The third-order valence-corrected chi connectivity index (χ3v) is 2.58. The molecule has 0 spiro atoms. The first-order chi connectivity index (χ1) is 8.42. The fourth-order valence-electron chi connectivity index (χ4n) is 1.82. The number of carbonyl (C=O) groups is 3. The highest BCUT2D eigenvalue weighted by Gasteiger charge is 2.25. The minimum atomic E-state index is -0.621. The summed E-state index contributed by atoms with van der Waals surface area (Å²) in [6.07, 6.45) is -0.153. The number of aromatic nitrogens is 1. The van der Waals surface area contributed by atoms with Crippen molar-refractivity contribution in [2.45, 2.75) is 20.3 Å². The van der Waals surface area contributed by atoms with Crippen LogP contribution in [0.2, 0.25) is 0 Å². The number of ketones is 1. The highest BCUT2D eigenvalue weighted by molar-refractivity contribution is 6.02. The van der Waals surface area contributed by atoms with Crippen molar-refractivity contribution in [3.63, 3.8) is 0 Å². The maximum Gasteiger partial charge on any atom is 0.354 e. The number of nitrogens with one attached hydrogen (secondary N) is 1. The van der Waals surface area contributed by atoms with Crippen LogP contribution in [0.5, 0.6) is 0 Å². The molecule has 6 nitrogen and oxygen atoms in total. The SMILES string of the molecule is COC(=O)Cc1c(C(=O)OC)[nH]c(C)c1C(C)=O. The van der Waals surface area contributed by atoms with Gasteiger partial charge in [0.1, 0.15) is 5.69 Å². The molecule has 0 amide bonds. The summed E-state index contributed by atoms with van der Waals surface area (Å²) in [4.78, 5) is 37.2. The lowest BCUT2D eigenvalue weighted by Crippen LogP contribution is -2.12. The van der Waals surface area contributed by atoms with E-state index in [1.807, 2.05) is 0 Å². The number of H-pyrrole nitrogens is 1. The molecular formula is C12H15NO5. The number of rotatable bonds is 4. The van der Waals surface area contributed by atoms with Gasteiger partial charge in [0.15, 0.2) is 5.78 Å². The van der Waals surface area contributed by atoms with Gasteiger partial charge in [0.2, 0.25) is 0 Å². The Morgan fingerprint density at radius 2 is 1.78 bits per heavy atom. The number of Topliss-reactive ketones (excluding diaryl/α,β-unsaturated/α-hetero) is 1. The molecule has 18 heavy (non-hydrogen) atoms. The van der Waals surface area contributed by atoms with Crippen LogP contribution < -0.4 is 0 Å². The Labute approximate surface area is 104 Å². The maximum absolute atomic E-state index is 11.6. The number of methoxy groups -OCH3 is 2. The predicted octanol–water partition coefficient (Wildman–Crippen LogP) is 1.03. The minimum Gasteiger partial charge on any atom is -0.469 e. The molecule has 1 aromatic heterocycles. The molecule has 0 saturated heterocycles. The van der Waals surface area contributed by atoms with Crippen LogP contribution in [0, 0.1) is 6.92 Å². The molecule has 6 heteroatoms. The van der Waals surface area contributed by atoms with Gasteiger partial charge in [0.25, 0.3) is 0 Å². The van der Waals surface area contributed by atoms with E-state index in [1.165, 1.54) is 21.1 Å². The van der Waals surface area contributed by atoms with Crippen LogP contribution in [-0.2, 0) is 20.7 Å². The highest BCUT2D eigenvalue weighted by Crippen LogP contribution is 2.21. The largest absolute Gasteiger partial charge is 0.469 e. The second kappa shape index (κ2) is 5.48. The van der Waals surface area contributed by atoms with Gasteiger partial charge in [-0.05, 0) is 13.8 Å². The van der Waals surface area contributed by atoms with Crippen molar-refractivity contribution in [1.82, 2.24) is 4.98 Å². The monoisotopic (exact) mass is 253 g/mol. The molecule has 0 aromatic carbocycles. The van der Waals surface area contributed by atoms with E-state index < -0.39 is 11.9 Å². The van der Waals surface area contributed by atoms with Crippen LogP contribution in [0.4, 0.5) is 0 Å². The molecular weight excluding hydrogens is 238 g/mol. The summed E-state index contributed by atoms with van der Waals surface area (Å²) >= 11 is 0. The van der Waals surface area contributed by atoms with E-state index in [4.69, 9.17) is 0 Å². The zero-order chi connectivity index (χ0) is 13.9. The molecule has 0 saturated carbocycles. The average Bonchev–Trinajstić information content (AvgIpc) is 2.64. The molecule has 1 rings (SSSR count). The Balaban J connectivity index is 3.35. The van der Waals surface area contributed by atoms with Gasteiger partial charge in [-0.1, -0.05) is 0 Å². The van der Waals surface area contributed by atoms with Crippen molar-refractivity contribution < 1.29 is 23.9 Å². The van der Waals surface area contributed by atoms with E-state index in [-0.39, 0.29) is 17.9 Å². The molecule has 0 bridgehead atoms. The van der Waals surface area contributed by atoms with Gasteiger partial charge in [0.05, 0.1) is 20.6 Å².